The van der Waals surface area contributed by atoms with E-state index < -0.39 is 6.10 Å². The molecule has 0 saturated heterocycles. The van der Waals surface area contributed by atoms with Crippen LogP contribution in [0.3, 0.4) is 0 Å². The van der Waals surface area contributed by atoms with Gasteiger partial charge in [0.2, 0.25) is 0 Å². The fourth-order valence-corrected chi connectivity index (χ4v) is 0.272. The molecule has 0 aliphatic heterocycles. The first kappa shape index (κ1) is 22.5. The Kier molecular flexibility index (Phi) is 41.9. The molecule has 0 aromatic rings. The number of aliphatic hydroxyl groups is 1. The number of hydrogen-bond donors (Lipinski definition) is 1. The smallest absolute Gasteiger partial charge is 0 e. The van der Waals surface area contributed by atoms with E-state index in [1.54, 1.807) is 6.42 Å². The van der Waals surface area contributed by atoms with Crippen LogP contribution in [0.5, 0.6) is 0 Å². The Hall–Kier alpha value is 2.34. The molecule has 9 heavy (non-hydrogen) atoms. The maximum atomic E-state index is 8.39. The predicted molar refractivity (Wildman–Crippen MR) is 26.0 cm³/mol. The third kappa shape index (κ3) is 25.2. The Morgan fingerprint density at radius 3 is 2.00 bits per heavy atom. The van der Waals surface area contributed by atoms with Crippen LogP contribution in [0.1, 0.15) is 13.3 Å². The topological polar surface area (TPSA) is 20.2 Å². The summed E-state index contributed by atoms with van der Waals surface area (Å²) < 4.78 is 0. The van der Waals surface area contributed by atoms with Gasteiger partial charge in [0.05, 0.1) is 0 Å². The molecule has 0 bridgehead atoms. The number of aliphatic hydroxyl groups excluding tert-OH is 1. The van der Waals surface area contributed by atoms with Crippen LogP contribution in [-0.4, -0.2) is 11.2 Å². The van der Waals surface area contributed by atoms with Gasteiger partial charge in [-0.1, -0.05) is 6.92 Å². The van der Waals surface area contributed by atoms with Crippen molar-refractivity contribution in [3.8, 4) is 0 Å². The molecule has 52 valence electrons. The minimum atomic E-state index is -0.477. The van der Waals surface area contributed by atoms with Crippen molar-refractivity contribution in [2.24, 2.45) is 0 Å². The van der Waals surface area contributed by atoms with Gasteiger partial charge in [0, 0.05) is 72.3 Å². The van der Waals surface area contributed by atoms with E-state index in [2.05, 4.69) is 6.92 Å². The summed E-state index contributed by atoms with van der Waals surface area (Å²) in [5, 5.41) is 8.39. The SMILES string of the molecule is [CH2-]C(O)[CH-]CC.[V].[W].[Y]. The predicted octanol–water partition coefficient (Wildman–Crippen LogP) is 0.788. The van der Waals surface area contributed by atoms with Crippen LogP contribution in [0.4, 0.5) is 0 Å². The molecule has 0 aromatic carbocycles. The van der Waals surface area contributed by atoms with Gasteiger partial charge in [-0.25, -0.2) is 0 Å². The summed E-state index contributed by atoms with van der Waals surface area (Å²) >= 11 is 0. The van der Waals surface area contributed by atoms with Crippen LogP contribution < -0.4 is 0 Å². The molecule has 0 rings (SSSR count). The first-order valence-electron chi connectivity index (χ1n) is 2.12. The van der Waals surface area contributed by atoms with Gasteiger partial charge in [0.15, 0.2) is 0 Å². The molecule has 0 fully saturated rings. The molecule has 1 nitrogen and oxygen atoms in total. The summed E-state index contributed by atoms with van der Waals surface area (Å²) in [6, 6.07) is 0. The number of hydrogen-bond acceptors (Lipinski definition) is 1. The quantitative estimate of drug-likeness (QED) is 0.669. The first-order chi connectivity index (χ1) is 2.77. The second-order valence-electron chi connectivity index (χ2n) is 1.21. The zero-order valence-electron chi connectivity index (χ0n) is 5.45. The second kappa shape index (κ2) is 16.7. The molecule has 0 heterocycles. The fourth-order valence-electron chi connectivity index (χ4n) is 0.272. The van der Waals surface area contributed by atoms with Crippen LogP contribution in [0.25, 0.3) is 0 Å². The standard InChI is InChI=1S/C5H10O.V.W.Y/c1-3-4-5(2)6;;;/h4-6H,2-3H2,1H3;;;/q-2;;;. The van der Waals surface area contributed by atoms with Gasteiger partial charge >= 0.3 is 0 Å². The summed E-state index contributed by atoms with van der Waals surface area (Å²) in [7, 11) is 0. The molecule has 0 saturated carbocycles. The Morgan fingerprint density at radius 1 is 1.67 bits per heavy atom. The van der Waals surface area contributed by atoms with Crippen LogP contribution in [0.15, 0.2) is 0 Å². The summed E-state index contributed by atoms with van der Waals surface area (Å²) in [5.74, 6) is 0. The van der Waals surface area contributed by atoms with Crippen molar-refractivity contribution in [2.75, 3.05) is 0 Å². The molecule has 0 aromatic heterocycles. The van der Waals surface area contributed by atoms with Crippen molar-refractivity contribution >= 4 is 0 Å². The van der Waals surface area contributed by atoms with Gasteiger partial charge in [-0.05, 0) is 0 Å². The van der Waals surface area contributed by atoms with Crippen LogP contribution in [-0.2, 0) is 72.3 Å². The van der Waals surface area contributed by atoms with Crippen molar-refractivity contribution in [1.29, 1.82) is 0 Å². The van der Waals surface area contributed by atoms with Crippen LogP contribution in [0, 0.1) is 13.3 Å². The molecule has 2 radical (unpaired) electrons. The summed E-state index contributed by atoms with van der Waals surface area (Å²) in [4.78, 5) is 0. The molecule has 0 aliphatic carbocycles. The van der Waals surface area contributed by atoms with Gasteiger partial charge in [-0.15, -0.1) is 0 Å². The summed E-state index contributed by atoms with van der Waals surface area (Å²) in [6.45, 7) is 5.29. The van der Waals surface area contributed by atoms with Gasteiger partial charge in [-0.3, -0.25) is 0 Å². The van der Waals surface area contributed by atoms with Crippen LogP contribution >= 0.6 is 0 Å². The molecule has 0 spiro atoms. The van der Waals surface area contributed by atoms with Crippen LogP contribution in [0.2, 0.25) is 0 Å². The molecule has 1 N–H and O–H groups in total. The Bertz CT molecular complexity index is 38.1. The number of rotatable bonds is 2. The molecule has 0 amide bonds. The van der Waals surface area contributed by atoms with Crippen molar-refractivity contribution in [3.63, 3.8) is 0 Å². The van der Waals surface area contributed by atoms with Gasteiger partial charge in [-0.2, -0.15) is 12.5 Å². The van der Waals surface area contributed by atoms with Crippen molar-refractivity contribution < 1.29 is 77.4 Å². The molecule has 1 unspecified atom stereocenters. The first-order valence-corrected chi connectivity index (χ1v) is 2.12. The van der Waals surface area contributed by atoms with E-state index in [-0.39, 0.29) is 72.3 Å². The van der Waals surface area contributed by atoms with Crippen molar-refractivity contribution in [2.45, 2.75) is 19.4 Å². The molecular formula is C5H10OVWY-2. The Labute approximate surface area is 109 Å². The zero-order chi connectivity index (χ0) is 4.99. The monoisotopic (exact) mass is 410 g/mol. The minimum absolute atomic E-state index is 0. The maximum Gasteiger partial charge on any atom is 0 e. The summed E-state index contributed by atoms with van der Waals surface area (Å²) in [5.41, 5.74) is 0. The third-order valence-corrected chi connectivity index (χ3v) is 0.508. The van der Waals surface area contributed by atoms with E-state index in [9.17, 15) is 0 Å². The molecular weight excluding hydrogens is 400 g/mol. The van der Waals surface area contributed by atoms with E-state index in [0.717, 1.165) is 6.42 Å². The van der Waals surface area contributed by atoms with Crippen molar-refractivity contribution in [3.05, 3.63) is 13.3 Å². The zero-order valence-corrected chi connectivity index (χ0v) is 12.6. The van der Waals surface area contributed by atoms with Gasteiger partial charge < -0.3 is 18.5 Å². The van der Waals surface area contributed by atoms with Gasteiger partial charge in [0.1, 0.15) is 0 Å². The van der Waals surface area contributed by atoms with E-state index >= 15 is 0 Å². The maximum absolute atomic E-state index is 8.39. The normalized spacial score (nSPS) is 9.67. The molecule has 4 heteroatoms. The van der Waals surface area contributed by atoms with Gasteiger partial charge in [0.25, 0.3) is 0 Å². The minimum Gasteiger partial charge on any atom is -0.456 e. The van der Waals surface area contributed by atoms with E-state index in [1.807, 2.05) is 6.92 Å². The van der Waals surface area contributed by atoms with E-state index in [1.165, 1.54) is 0 Å². The average Bonchev–Trinajstić information content (AvgIpc) is 1.35. The average molecular weight is 410 g/mol. The summed E-state index contributed by atoms with van der Waals surface area (Å²) in [6.07, 6.45) is 2.15. The molecule has 1 atom stereocenters. The van der Waals surface area contributed by atoms with E-state index in [4.69, 9.17) is 5.11 Å². The van der Waals surface area contributed by atoms with Crippen molar-refractivity contribution in [1.82, 2.24) is 0 Å². The third-order valence-electron chi connectivity index (χ3n) is 0.508. The Balaban J connectivity index is -0.0000000417. The van der Waals surface area contributed by atoms with E-state index in [0.29, 0.717) is 0 Å². The molecule has 0 aliphatic rings. The fraction of sp³-hybridized carbons (Fsp3) is 0.600. The second-order valence-corrected chi connectivity index (χ2v) is 1.21. The largest absolute Gasteiger partial charge is 0.456 e. The Morgan fingerprint density at radius 2 is 2.00 bits per heavy atom.